The molecule has 0 radical (unpaired) electrons. The number of likely N-dealkylation sites (N-methyl/N-ethyl adjacent to an activating group) is 1. The van der Waals surface area contributed by atoms with Crippen LogP contribution in [-0.4, -0.2) is 63.3 Å². The summed E-state index contributed by atoms with van der Waals surface area (Å²) in [6.45, 7) is 6.99. The molecule has 1 saturated heterocycles. The van der Waals surface area contributed by atoms with Gasteiger partial charge < -0.3 is 14.8 Å². The first-order chi connectivity index (χ1) is 16.0. The number of rotatable bonds is 5. The van der Waals surface area contributed by atoms with Crippen LogP contribution in [0.15, 0.2) is 36.7 Å². The summed E-state index contributed by atoms with van der Waals surface area (Å²) in [4.78, 5) is 17.2. The Balaban J connectivity index is 1.56. The van der Waals surface area contributed by atoms with Gasteiger partial charge in [-0.25, -0.2) is 0 Å². The normalized spacial score (nSPS) is 15.6. The Hall–Kier alpha value is -3.11. The van der Waals surface area contributed by atoms with Gasteiger partial charge in [-0.3, -0.25) is 14.4 Å². The van der Waals surface area contributed by atoms with E-state index in [1.165, 1.54) is 6.07 Å². The van der Waals surface area contributed by atoms with E-state index in [2.05, 4.69) is 15.3 Å². The average Bonchev–Trinajstić information content (AvgIpc) is 3.32. The number of aromatic nitrogens is 3. The number of hydrogen-bond acceptors (Lipinski definition) is 4. The van der Waals surface area contributed by atoms with Gasteiger partial charge in [0, 0.05) is 63.0 Å². The maximum atomic E-state index is 13.9. The summed E-state index contributed by atoms with van der Waals surface area (Å²) in [7, 11) is 3.81. The Labute approximate surface area is 196 Å². The van der Waals surface area contributed by atoms with Crippen LogP contribution in [0.5, 0.6) is 0 Å². The van der Waals surface area contributed by atoms with Crippen LogP contribution in [0.1, 0.15) is 32.9 Å². The largest absolute Gasteiger partial charge is 0.416 e. The fraction of sp³-hybridized carbons (Fsp3) is 0.417. The van der Waals surface area contributed by atoms with Gasteiger partial charge in [0.15, 0.2) is 0 Å². The van der Waals surface area contributed by atoms with Gasteiger partial charge in [-0.05, 0) is 44.7 Å². The molecule has 1 aliphatic rings. The van der Waals surface area contributed by atoms with Gasteiger partial charge in [-0.1, -0.05) is 6.07 Å². The number of amides is 1. The van der Waals surface area contributed by atoms with Crippen molar-refractivity contribution in [1.82, 2.24) is 24.1 Å². The first-order valence-electron chi connectivity index (χ1n) is 11.1. The molecule has 0 unspecified atom stereocenters. The SMILES string of the molecule is Cc1cc(C(=O)Nc2ccc(CN3CCN(C)CC3)c(C(F)(F)F)c2)c(C)n1-c1cnn(C)c1. The number of aryl methyl sites for hydroxylation is 2. The van der Waals surface area contributed by atoms with Crippen molar-refractivity contribution in [3.05, 3.63) is 64.7 Å². The highest BCUT2D eigenvalue weighted by Gasteiger charge is 2.34. The third-order valence-corrected chi connectivity index (χ3v) is 6.29. The third kappa shape index (κ3) is 5.02. The van der Waals surface area contributed by atoms with E-state index in [1.54, 1.807) is 37.0 Å². The van der Waals surface area contributed by atoms with E-state index in [9.17, 15) is 18.0 Å². The zero-order chi connectivity index (χ0) is 24.6. The molecular weight excluding hydrogens is 445 g/mol. The minimum atomic E-state index is -4.52. The molecule has 3 heterocycles. The molecule has 1 N–H and O–H groups in total. The lowest BCUT2D eigenvalue weighted by Crippen LogP contribution is -2.44. The number of nitrogens with zero attached hydrogens (tertiary/aromatic N) is 5. The predicted octanol–water partition coefficient (Wildman–Crippen LogP) is 3.85. The van der Waals surface area contributed by atoms with Crippen LogP contribution >= 0.6 is 0 Å². The second-order valence-electron chi connectivity index (χ2n) is 8.90. The first-order valence-corrected chi connectivity index (χ1v) is 11.1. The van der Waals surface area contributed by atoms with E-state index in [0.29, 0.717) is 11.3 Å². The summed E-state index contributed by atoms with van der Waals surface area (Å²) >= 11 is 0. The van der Waals surface area contributed by atoms with Gasteiger partial charge in [0.25, 0.3) is 5.91 Å². The fourth-order valence-corrected chi connectivity index (χ4v) is 4.42. The Morgan fingerprint density at radius 2 is 1.79 bits per heavy atom. The summed E-state index contributed by atoms with van der Waals surface area (Å²) in [6, 6.07) is 5.77. The average molecular weight is 475 g/mol. The van der Waals surface area contributed by atoms with Crippen molar-refractivity contribution in [2.24, 2.45) is 7.05 Å². The molecule has 1 amide bonds. The van der Waals surface area contributed by atoms with Crippen LogP contribution in [-0.2, 0) is 19.8 Å². The monoisotopic (exact) mass is 474 g/mol. The summed E-state index contributed by atoms with van der Waals surface area (Å²) < 4.78 is 45.1. The van der Waals surface area contributed by atoms with Gasteiger partial charge in [-0.2, -0.15) is 18.3 Å². The van der Waals surface area contributed by atoms with E-state index >= 15 is 0 Å². The molecule has 0 spiro atoms. The number of piperazine rings is 1. The number of hydrogen-bond donors (Lipinski definition) is 1. The van der Waals surface area contributed by atoms with Crippen molar-refractivity contribution >= 4 is 11.6 Å². The Morgan fingerprint density at radius 3 is 2.41 bits per heavy atom. The standard InChI is InChI=1S/C24H29F3N6O/c1-16-11-21(17(2)33(16)20-13-28-31(4)15-20)23(34)29-19-6-5-18(22(12-19)24(25,26)27)14-32-9-7-30(3)8-10-32/h5-6,11-13,15H,7-10,14H2,1-4H3,(H,29,34). The van der Waals surface area contributed by atoms with Crippen LogP contribution < -0.4 is 5.32 Å². The van der Waals surface area contributed by atoms with Crippen LogP contribution in [0.2, 0.25) is 0 Å². The zero-order valence-corrected chi connectivity index (χ0v) is 19.8. The highest BCUT2D eigenvalue weighted by atomic mass is 19.4. The van der Waals surface area contributed by atoms with E-state index in [1.807, 2.05) is 29.6 Å². The zero-order valence-electron chi connectivity index (χ0n) is 19.8. The molecule has 10 heteroatoms. The summed E-state index contributed by atoms with van der Waals surface area (Å²) in [5.41, 5.74) is 2.33. The van der Waals surface area contributed by atoms with E-state index < -0.39 is 17.6 Å². The molecule has 0 aliphatic carbocycles. The number of benzene rings is 1. The summed E-state index contributed by atoms with van der Waals surface area (Å²) in [5, 5.41) is 6.82. The van der Waals surface area contributed by atoms with Crippen molar-refractivity contribution in [3.63, 3.8) is 0 Å². The third-order valence-electron chi connectivity index (χ3n) is 6.29. The van der Waals surface area contributed by atoms with E-state index in [-0.39, 0.29) is 17.8 Å². The van der Waals surface area contributed by atoms with Crippen molar-refractivity contribution in [3.8, 4) is 5.69 Å². The summed E-state index contributed by atoms with van der Waals surface area (Å²) in [5.74, 6) is -0.455. The van der Waals surface area contributed by atoms with Crippen LogP contribution in [0.25, 0.3) is 5.69 Å². The molecular formula is C24H29F3N6O. The van der Waals surface area contributed by atoms with Crippen molar-refractivity contribution in [1.29, 1.82) is 0 Å². The second-order valence-corrected chi connectivity index (χ2v) is 8.90. The molecule has 0 atom stereocenters. The molecule has 2 aromatic heterocycles. The number of carbonyl (C=O) groups is 1. The van der Waals surface area contributed by atoms with Crippen molar-refractivity contribution in [2.45, 2.75) is 26.6 Å². The molecule has 7 nitrogen and oxygen atoms in total. The van der Waals surface area contributed by atoms with Gasteiger partial charge in [0.2, 0.25) is 0 Å². The lowest BCUT2D eigenvalue weighted by molar-refractivity contribution is -0.138. The first kappa shape index (κ1) is 24.0. The molecule has 1 aromatic carbocycles. The predicted molar refractivity (Wildman–Crippen MR) is 124 cm³/mol. The van der Waals surface area contributed by atoms with Crippen LogP contribution in [0.3, 0.4) is 0 Å². The smallest absolute Gasteiger partial charge is 0.322 e. The quantitative estimate of drug-likeness (QED) is 0.611. The van der Waals surface area contributed by atoms with Crippen LogP contribution in [0.4, 0.5) is 18.9 Å². The molecule has 0 bridgehead atoms. The molecule has 0 saturated carbocycles. The highest BCUT2D eigenvalue weighted by Crippen LogP contribution is 2.35. The number of halogens is 3. The lowest BCUT2D eigenvalue weighted by atomic mass is 10.0. The number of alkyl halides is 3. The van der Waals surface area contributed by atoms with Crippen molar-refractivity contribution < 1.29 is 18.0 Å². The number of anilines is 1. The molecule has 34 heavy (non-hydrogen) atoms. The Kier molecular flexibility index (Phi) is 6.55. The van der Waals surface area contributed by atoms with E-state index in [4.69, 9.17) is 0 Å². The van der Waals surface area contributed by atoms with E-state index in [0.717, 1.165) is 43.6 Å². The molecule has 3 aromatic rings. The Bertz CT molecular complexity index is 1190. The minimum Gasteiger partial charge on any atom is -0.322 e. The number of carbonyl (C=O) groups excluding carboxylic acids is 1. The van der Waals surface area contributed by atoms with Gasteiger partial charge >= 0.3 is 6.18 Å². The molecule has 1 aliphatic heterocycles. The maximum Gasteiger partial charge on any atom is 0.416 e. The summed E-state index contributed by atoms with van der Waals surface area (Å²) in [6.07, 6.45) is -0.994. The van der Waals surface area contributed by atoms with Crippen LogP contribution in [0, 0.1) is 13.8 Å². The minimum absolute atomic E-state index is 0.116. The number of nitrogens with one attached hydrogen (secondary N) is 1. The van der Waals surface area contributed by atoms with Crippen molar-refractivity contribution in [2.75, 3.05) is 38.5 Å². The van der Waals surface area contributed by atoms with Gasteiger partial charge in [0.1, 0.15) is 0 Å². The molecule has 4 rings (SSSR count). The topological polar surface area (TPSA) is 58.3 Å². The van der Waals surface area contributed by atoms with Gasteiger partial charge in [0.05, 0.1) is 23.0 Å². The lowest BCUT2D eigenvalue weighted by Gasteiger charge is -2.33. The second kappa shape index (κ2) is 9.27. The highest BCUT2D eigenvalue weighted by molar-refractivity contribution is 6.05. The molecule has 182 valence electrons. The maximum absolute atomic E-state index is 13.9. The Morgan fingerprint density at radius 1 is 1.09 bits per heavy atom. The van der Waals surface area contributed by atoms with Gasteiger partial charge in [-0.15, -0.1) is 0 Å². The fourth-order valence-electron chi connectivity index (χ4n) is 4.42. The molecule has 1 fully saturated rings.